The van der Waals surface area contributed by atoms with Gasteiger partial charge in [-0.2, -0.15) is 0 Å². The van der Waals surface area contributed by atoms with Gasteiger partial charge in [-0.1, -0.05) is 30.3 Å². The fraction of sp³-hybridized carbons (Fsp3) is 0.0500. The minimum Gasteiger partial charge on any atom is -0.497 e. The van der Waals surface area contributed by atoms with Crippen molar-refractivity contribution in [3.63, 3.8) is 0 Å². The minimum atomic E-state index is 0.475. The molecule has 0 N–H and O–H groups in total. The monoisotopic (exact) mass is 329 g/mol. The lowest BCUT2D eigenvalue weighted by Gasteiger charge is -2.08. The topological polar surface area (TPSA) is 57.1 Å². The zero-order valence-corrected chi connectivity index (χ0v) is 13.6. The van der Waals surface area contributed by atoms with Crippen molar-refractivity contribution in [2.45, 2.75) is 0 Å². The first-order chi connectivity index (χ1) is 12.3. The molecule has 2 aromatic heterocycles. The fourth-order valence-corrected chi connectivity index (χ4v) is 2.48. The summed E-state index contributed by atoms with van der Waals surface area (Å²) in [6.45, 7) is 0. The summed E-state index contributed by atoms with van der Waals surface area (Å²) in [5.74, 6) is 2.42. The van der Waals surface area contributed by atoms with Gasteiger partial charge in [0.1, 0.15) is 17.2 Å². The van der Waals surface area contributed by atoms with E-state index in [9.17, 15) is 0 Å². The Morgan fingerprint density at radius 1 is 0.800 bits per heavy atom. The van der Waals surface area contributed by atoms with Gasteiger partial charge in [0.2, 0.25) is 5.88 Å². The maximum Gasteiger partial charge on any atom is 0.219 e. The normalized spacial score (nSPS) is 10.6. The summed E-state index contributed by atoms with van der Waals surface area (Å²) < 4.78 is 11.0. The summed E-state index contributed by atoms with van der Waals surface area (Å²) in [4.78, 5) is 13.5. The van der Waals surface area contributed by atoms with Gasteiger partial charge in [-0.05, 0) is 24.3 Å². The van der Waals surface area contributed by atoms with E-state index in [4.69, 9.17) is 9.47 Å². The Balaban J connectivity index is 1.66. The van der Waals surface area contributed by atoms with E-state index in [0.717, 1.165) is 16.7 Å². The Labute approximate surface area is 144 Å². The number of benzene rings is 2. The van der Waals surface area contributed by atoms with Crippen LogP contribution in [0.15, 0.2) is 72.9 Å². The van der Waals surface area contributed by atoms with Crippen LogP contribution in [0.1, 0.15) is 0 Å². The van der Waals surface area contributed by atoms with E-state index in [1.807, 2.05) is 54.6 Å². The van der Waals surface area contributed by atoms with Crippen LogP contribution in [0.4, 0.5) is 0 Å². The van der Waals surface area contributed by atoms with Crippen LogP contribution >= 0.6 is 0 Å². The molecular formula is C20H15N3O2. The zero-order valence-electron chi connectivity index (χ0n) is 13.6. The third-order valence-electron chi connectivity index (χ3n) is 3.71. The molecule has 0 aliphatic carbocycles. The van der Waals surface area contributed by atoms with Gasteiger partial charge in [-0.25, -0.2) is 15.0 Å². The van der Waals surface area contributed by atoms with E-state index >= 15 is 0 Å². The second kappa shape index (κ2) is 6.57. The highest BCUT2D eigenvalue weighted by Crippen LogP contribution is 2.25. The molecular weight excluding hydrogens is 314 g/mol. The van der Waals surface area contributed by atoms with Gasteiger partial charge in [-0.3, -0.25) is 0 Å². The van der Waals surface area contributed by atoms with Gasteiger partial charge < -0.3 is 9.47 Å². The molecule has 0 saturated carbocycles. The molecule has 5 nitrogen and oxygen atoms in total. The van der Waals surface area contributed by atoms with Gasteiger partial charge in [0.05, 0.1) is 12.6 Å². The number of methoxy groups -OCH3 is 1. The Hall–Kier alpha value is -3.47. The van der Waals surface area contributed by atoms with Crippen LogP contribution in [0, 0.1) is 0 Å². The van der Waals surface area contributed by atoms with E-state index in [1.165, 1.54) is 0 Å². The molecule has 0 aliphatic heterocycles. The van der Waals surface area contributed by atoms with E-state index in [1.54, 1.807) is 25.4 Å². The molecule has 0 aliphatic rings. The number of para-hydroxylation sites is 1. The number of rotatable bonds is 4. The van der Waals surface area contributed by atoms with Gasteiger partial charge in [0, 0.05) is 23.7 Å². The number of hydrogen-bond donors (Lipinski definition) is 0. The Bertz CT molecular complexity index is 1030. The number of ether oxygens (including phenoxy) is 2. The maximum atomic E-state index is 5.82. The van der Waals surface area contributed by atoms with E-state index in [-0.39, 0.29) is 0 Å². The second-order valence-corrected chi connectivity index (χ2v) is 5.39. The predicted octanol–water partition coefficient (Wildman–Crippen LogP) is 4.49. The number of pyridine rings is 1. The smallest absolute Gasteiger partial charge is 0.219 e. The van der Waals surface area contributed by atoms with Crippen LogP contribution in [0.25, 0.3) is 22.4 Å². The molecule has 0 radical (unpaired) electrons. The Kier molecular flexibility index (Phi) is 3.96. The van der Waals surface area contributed by atoms with Crippen LogP contribution in [0.3, 0.4) is 0 Å². The minimum absolute atomic E-state index is 0.475. The molecule has 0 fully saturated rings. The molecule has 122 valence electrons. The van der Waals surface area contributed by atoms with Gasteiger partial charge in [-0.15, -0.1) is 0 Å². The second-order valence-electron chi connectivity index (χ2n) is 5.39. The summed E-state index contributed by atoms with van der Waals surface area (Å²) in [5, 5.41) is 0.995. The van der Waals surface area contributed by atoms with Crippen LogP contribution < -0.4 is 9.47 Å². The lowest BCUT2D eigenvalue weighted by Crippen LogP contribution is -1.94. The summed E-state index contributed by atoms with van der Waals surface area (Å²) in [6.07, 6.45) is 1.80. The lowest BCUT2D eigenvalue weighted by molar-refractivity contribution is 0.407. The number of nitrogens with zero attached hydrogens (tertiary/aromatic N) is 3. The molecule has 0 spiro atoms. The third-order valence-corrected chi connectivity index (χ3v) is 3.71. The highest BCUT2D eigenvalue weighted by molar-refractivity contribution is 5.79. The first-order valence-electron chi connectivity index (χ1n) is 7.83. The summed E-state index contributed by atoms with van der Waals surface area (Å²) in [5.41, 5.74) is 1.54. The largest absolute Gasteiger partial charge is 0.497 e. The first-order valence-corrected chi connectivity index (χ1v) is 7.83. The quantitative estimate of drug-likeness (QED) is 0.552. The van der Waals surface area contributed by atoms with E-state index in [0.29, 0.717) is 23.1 Å². The lowest BCUT2D eigenvalue weighted by atomic mass is 10.2. The van der Waals surface area contributed by atoms with Crippen molar-refractivity contribution in [2.75, 3.05) is 7.11 Å². The van der Waals surface area contributed by atoms with Gasteiger partial charge in [0.25, 0.3) is 0 Å². The maximum absolute atomic E-state index is 5.82. The molecule has 4 rings (SSSR count). The third kappa shape index (κ3) is 3.26. The van der Waals surface area contributed by atoms with E-state index in [2.05, 4.69) is 15.0 Å². The van der Waals surface area contributed by atoms with Crippen molar-refractivity contribution in [3.05, 3.63) is 72.9 Å². The molecule has 2 aromatic carbocycles. The summed E-state index contributed by atoms with van der Waals surface area (Å²) in [6, 6.07) is 20.8. The standard InChI is InChI=1S/C20H15N3O2/c1-24-15-7-4-8-16(12-15)25-19-11-5-10-18(22-19)20-21-13-14-6-2-3-9-17(14)23-20/h2-13H,1H3. The molecule has 0 bridgehead atoms. The Morgan fingerprint density at radius 2 is 1.64 bits per heavy atom. The highest BCUT2D eigenvalue weighted by atomic mass is 16.5. The molecule has 4 aromatic rings. The van der Waals surface area contributed by atoms with Crippen molar-refractivity contribution in [1.82, 2.24) is 15.0 Å². The van der Waals surface area contributed by atoms with Crippen molar-refractivity contribution < 1.29 is 9.47 Å². The molecule has 25 heavy (non-hydrogen) atoms. The predicted molar refractivity (Wildman–Crippen MR) is 95.8 cm³/mol. The number of aromatic nitrogens is 3. The van der Waals surface area contributed by atoms with Crippen molar-refractivity contribution in [2.24, 2.45) is 0 Å². The van der Waals surface area contributed by atoms with Crippen LogP contribution in [0.2, 0.25) is 0 Å². The number of hydrogen-bond acceptors (Lipinski definition) is 5. The van der Waals surface area contributed by atoms with Gasteiger partial charge in [0.15, 0.2) is 5.82 Å². The SMILES string of the molecule is COc1cccc(Oc2cccc(-c3ncc4ccccc4n3)n2)c1. The average Bonchev–Trinajstić information content (AvgIpc) is 2.68. The van der Waals surface area contributed by atoms with Crippen LogP contribution in [-0.2, 0) is 0 Å². The van der Waals surface area contributed by atoms with Crippen LogP contribution in [-0.4, -0.2) is 22.1 Å². The Morgan fingerprint density at radius 3 is 2.56 bits per heavy atom. The number of fused-ring (bicyclic) bond motifs is 1. The van der Waals surface area contributed by atoms with Crippen LogP contribution in [0.5, 0.6) is 17.4 Å². The molecule has 0 atom stereocenters. The molecule has 5 heteroatoms. The highest BCUT2D eigenvalue weighted by Gasteiger charge is 2.07. The summed E-state index contributed by atoms with van der Waals surface area (Å²) in [7, 11) is 1.62. The summed E-state index contributed by atoms with van der Waals surface area (Å²) >= 11 is 0. The fourth-order valence-electron chi connectivity index (χ4n) is 2.48. The molecule has 0 unspecified atom stereocenters. The van der Waals surface area contributed by atoms with Crippen molar-refractivity contribution in [3.8, 4) is 28.9 Å². The van der Waals surface area contributed by atoms with Gasteiger partial charge >= 0.3 is 0 Å². The zero-order chi connectivity index (χ0) is 17.1. The van der Waals surface area contributed by atoms with Crippen molar-refractivity contribution >= 4 is 10.9 Å². The van der Waals surface area contributed by atoms with E-state index < -0.39 is 0 Å². The molecule has 2 heterocycles. The average molecular weight is 329 g/mol. The molecule has 0 saturated heterocycles. The molecule has 0 amide bonds. The first kappa shape index (κ1) is 15.1. The van der Waals surface area contributed by atoms with Crippen molar-refractivity contribution in [1.29, 1.82) is 0 Å².